The van der Waals surface area contributed by atoms with E-state index >= 15 is 0 Å². The van der Waals surface area contributed by atoms with Crippen molar-refractivity contribution in [3.63, 3.8) is 0 Å². The quantitative estimate of drug-likeness (QED) is 0.399. The molecule has 0 aliphatic heterocycles. The molecule has 4 rings (SSSR count). The number of allylic oxidation sites excluding steroid dienone is 2. The summed E-state index contributed by atoms with van der Waals surface area (Å²) in [4.78, 5) is 0. The highest BCUT2D eigenvalue weighted by atomic mass is 14.6. The largest absolute Gasteiger partial charge is 0.0554 e. The van der Waals surface area contributed by atoms with Gasteiger partial charge in [-0.3, -0.25) is 0 Å². The van der Waals surface area contributed by atoms with Gasteiger partial charge in [0.25, 0.3) is 0 Å². The lowest BCUT2D eigenvalue weighted by Gasteiger charge is -2.21. The molecule has 2 bridgehead atoms. The molecule has 0 aromatic heterocycles. The van der Waals surface area contributed by atoms with Crippen molar-refractivity contribution >= 4 is 0 Å². The molecule has 0 unspecified atom stereocenters. The fraction of sp³-hybridized carbons (Fsp3) is 0.714. The van der Waals surface area contributed by atoms with Gasteiger partial charge in [-0.15, -0.1) is 0 Å². The van der Waals surface area contributed by atoms with Gasteiger partial charge in [0, 0.05) is 11.8 Å². The van der Waals surface area contributed by atoms with Gasteiger partial charge in [-0.05, 0) is 12.8 Å². The van der Waals surface area contributed by atoms with Crippen molar-refractivity contribution in [2.45, 2.75) is 19.3 Å². The predicted octanol–water partition coefficient (Wildman–Crippen LogP) is 1.73. The van der Waals surface area contributed by atoms with Gasteiger partial charge in [0.1, 0.15) is 0 Å². The second-order valence-corrected chi connectivity index (χ2v) is 2.95. The van der Waals surface area contributed by atoms with Gasteiger partial charge >= 0.3 is 0 Å². The maximum Gasteiger partial charge on any atom is 0.00252 e. The number of hydrogen-bond acceptors (Lipinski definition) is 0. The average Bonchev–Trinajstić information content (AvgIpc) is 2.53. The second-order valence-electron chi connectivity index (χ2n) is 2.95. The lowest BCUT2D eigenvalue weighted by Crippen LogP contribution is -2.09. The van der Waals surface area contributed by atoms with E-state index in [1.54, 1.807) is 0 Å². The van der Waals surface area contributed by atoms with E-state index in [-0.39, 0.29) is 0 Å². The molecule has 0 radical (unpaired) electrons. The molecule has 4 aliphatic carbocycles. The summed E-state index contributed by atoms with van der Waals surface area (Å²) < 4.78 is 0. The van der Waals surface area contributed by atoms with E-state index in [1.165, 1.54) is 19.3 Å². The van der Waals surface area contributed by atoms with Crippen molar-refractivity contribution in [2.24, 2.45) is 11.8 Å². The Morgan fingerprint density at radius 1 is 1.00 bits per heavy atom. The van der Waals surface area contributed by atoms with Crippen LogP contribution in [0.5, 0.6) is 0 Å². The van der Waals surface area contributed by atoms with Crippen LogP contribution < -0.4 is 0 Å². The van der Waals surface area contributed by atoms with Gasteiger partial charge in [-0.25, -0.2) is 0 Å². The van der Waals surface area contributed by atoms with E-state index in [4.69, 9.17) is 0 Å². The fourth-order valence-corrected chi connectivity index (χ4v) is 2.15. The minimum Gasteiger partial charge on any atom is -0.0554 e. The maximum absolute atomic E-state index is 1.88. The first-order valence-electron chi connectivity index (χ1n) is 3.22. The molecule has 0 N–H and O–H groups in total. The first kappa shape index (κ1) is 2.91. The van der Waals surface area contributed by atoms with Gasteiger partial charge in [0.15, 0.2) is 0 Å². The van der Waals surface area contributed by atoms with Crippen LogP contribution in [0.2, 0.25) is 0 Å². The van der Waals surface area contributed by atoms with E-state index in [0.717, 1.165) is 11.8 Å². The van der Waals surface area contributed by atoms with E-state index in [0.29, 0.717) is 0 Å². The van der Waals surface area contributed by atoms with Crippen LogP contribution in [0, 0.1) is 11.8 Å². The van der Waals surface area contributed by atoms with Crippen LogP contribution >= 0.6 is 0 Å². The molecule has 0 atom stereocenters. The molecule has 0 amide bonds. The monoisotopic (exact) mass is 92.1 g/mol. The number of rotatable bonds is 0. The van der Waals surface area contributed by atoms with E-state index in [2.05, 4.69) is 0 Å². The molecule has 0 heterocycles. The lowest BCUT2D eigenvalue weighted by molar-refractivity contribution is 0.449. The third-order valence-electron chi connectivity index (χ3n) is 2.65. The Bertz CT molecular complexity index is 135. The van der Waals surface area contributed by atoms with Crippen molar-refractivity contribution in [1.82, 2.24) is 0 Å². The summed E-state index contributed by atoms with van der Waals surface area (Å²) in [7, 11) is 0. The van der Waals surface area contributed by atoms with Gasteiger partial charge in [-0.2, -0.15) is 0 Å². The Kier molecular flexibility index (Phi) is 0.247. The van der Waals surface area contributed by atoms with Crippen LogP contribution in [-0.2, 0) is 0 Å². The molecular weight excluding hydrogens is 84.1 g/mol. The summed E-state index contributed by atoms with van der Waals surface area (Å²) in [5, 5.41) is 0. The summed E-state index contributed by atoms with van der Waals surface area (Å²) in [6.07, 6.45) is 4.55. The summed E-state index contributed by atoms with van der Waals surface area (Å²) in [6.45, 7) is 0. The third-order valence-corrected chi connectivity index (χ3v) is 2.65. The van der Waals surface area contributed by atoms with Crippen molar-refractivity contribution in [3.8, 4) is 0 Å². The first-order chi connectivity index (χ1) is 3.48. The first-order valence-corrected chi connectivity index (χ1v) is 3.22. The highest BCUT2D eigenvalue weighted by Crippen LogP contribution is 2.72. The molecule has 36 valence electrons. The van der Waals surface area contributed by atoms with Gasteiger partial charge < -0.3 is 0 Å². The highest BCUT2D eigenvalue weighted by Gasteiger charge is 2.60. The van der Waals surface area contributed by atoms with Crippen molar-refractivity contribution in [1.29, 1.82) is 0 Å². The van der Waals surface area contributed by atoms with Crippen molar-refractivity contribution in [3.05, 3.63) is 11.1 Å². The molecule has 0 spiro atoms. The van der Waals surface area contributed by atoms with Crippen LogP contribution in [0.4, 0.5) is 0 Å². The summed E-state index contributed by atoms with van der Waals surface area (Å²) in [5.74, 6) is 2.19. The molecule has 4 aliphatic rings. The smallest absolute Gasteiger partial charge is 0.00252 e. The molecular formula is C7H8. The molecule has 0 nitrogen and oxygen atoms in total. The normalized spacial score (nSPS) is 51.4. The summed E-state index contributed by atoms with van der Waals surface area (Å²) >= 11 is 0. The number of fused-ring (bicyclic) bond motifs is 2. The molecule has 0 heteroatoms. The molecule has 2 fully saturated rings. The molecule has 0 aromatic rings. The van der Waals surface area contributed by atoms with Crippen molar-refractivity contribution < 1.29 is 0 Å². The average molecular weight is 92.1 g/mol. The zero-order chi connectivity index (χ0) is 4.43. The Hall–Kier alpha value is -0.260. The Morgan fingerprint density at radius 2 is 1.57 bits per heavy atom. The van der Waals surface area contributed by atoms with Crippen LogP contribution in [0.1, 0.15) is 19.3 Å². The topological polar surface area (TPSA) is 0 Å². The zero-order valence-corrected chi connectivity index (χ0v) is 4.28. The zero-order valence-electron chi connectivity index (χ0n) is 4.28. The minimum atomic E-state index is 1.10. The van der Waals surface area contributed by atoms with Crippen LogP contribution in [0.15, 0.2) is 11.1 Å². The number of hydrogen-bond donors (Lipinski definition) is 0. The standard InChI is InChI=1S/C7H8/c1-2-4-6-5(3-1)7(4)6/h4-5H,1-3H2. The Morgan fingerprint density at radius 3 is 1.86 bits per heavy atom. The lowest BCUT2D eigenvalue weighted by atomic mass is 9.83. The molecule has 0 saturated heterocycles. The van der Waals surface area contributed by atoms with E-state index in [9.17, 15) is 0 Å². The highest BCUT2D eigenvalue weighted by molar-refractivity contribution is 5.64. The molecule has 2 saturated carbocycles. The third kappa shape index (κ3) is 0.170. The second kappa shape index (κ2) is 0.594. The summed E-state index contributed by atoms with van der Waals surface area (Å²) in [5.41, 5.74) is 3.76. The van der Waals surface area contributed by atoms with Crippen LogP contribution in [0.25, 0.3) is 0 Å². The minimum absolute atomic E-state index is 1.10. The van der Waals surface area contributed by atoms with Gasteiger partial charge in [0.2, 0.25) is 0 Å². The Balaban J connectivity index is 1.98. The maximum atomic E-state index is 1.88. The predicted molar refractivity (Wildman–Crippen MR) is 27.9 cm³/mol. The molecule has 7 heavy (non-hydrogen) atoms. The fourth-order valence-electron chi connectivity index (χ4n) is 2.15. The Labute approximate surface area is 43.2 Å². The van der Waals surface area contributed by atoms with Crippen LogP contribution in [-0.4, -0.2) is 0 Å². The van der Waals surface area contributed by atoms with Crippen molar-refractivity contribution in [2.75, 3.05) is 0 Å². The SMILES string of the molecule is C1CC2C3=C2C3C1. The van der Waals surface area contributed by atoms with Crippen LogP contribution in [0.3, 0.4) is 0 Å². The van der Waals surface area contributed by atoms with E-state index < -0.39 is 0 Å². The summed E-state index contributed by atoms with van der Waals surface area (Å²) in [6, 6.07) is 0. The van der Waals surface area contributed by atoms with E-state index in [1.807, 2.05) is 11.1 Å². The van der Waals surface area contributed by atoms with Gasteiger partial charge in [-0.1, -0.05) is 17.6 Å². The molecule has 0 aromatic carbocycles. The van der Waals surface area contributed by atoms with Gasteiger partial charge in [0.05, 0.1) is 0 Å².